The van der Waals surface area contributed by atoms with Crippen LogP contribution < -0.4 is 20.4 Å². The fourth-order valence-corrected chi connectivity index (χ4v) is 4.88. The van der Waals surface area contributed by atoms with E-state index in [9.17, 15) is 9.59 Å². The van der Waals surface area contributed by atoms with Gasteiger partial charge in [0.15, 0.2) is 5.82 Å². The van der Waals surface area contributed by atoms with Crippen LogP contribution in [-0.4, -0.2) is 73.5 Å². The summed E-state index contributed by atoms with van der Waals surface area (Å²) in [4.78, 5) is 40.2. The fraction of sp³-hybridized carbons (Fsp3) is 0.520. The highest BCUT2D eigenvalue weighted by molar-refractivity contribution is 6.33. The molecule has 1 aromatic heterocycles. The predicted molar refractivity (Wildman–Crippen MR) is 140 cm³/mol. The largest absolute Gasteiger partial charge is 0.352 e. The maximum atomic E-state index is 12.5. The zero-order valence-electron chi connectivity index (χ0n) is 20.7. The molecule has 2 aliphatic rings. The quantitative estimate of drug-likeness (QED) is 0.535. The Morgan fingerprint density at radius 2 is 2.03 bits per heavy atom. The first-order chi connectivity index (χ1) is 16.8. The average Bonchev–Trinajstić information content (AvgIpc) is 3.33. The topological polar surface area (TPSA) is 93.7 Å². The Bertz CT molecular complexity index is 1070. The summed E-state index contributed by atoms with van der Waals surface area (Å²) in [6.07, 6.45) is 7.63. The van der Waals surface area contributed by atoms with Crippen LogP contribution in [0, 0.1) is 0 Å². The van der Waals surface area contributed by atoms with Gasteiger partial charge in [-0.25, -0.2) is 4.98 Å². The van der Waals surface area contributed by atoms with Gasteiger partial charge >= 0.3 is 0 Å². The number of nitrogens with one attached hydrogen (secondary N) is 2. The highest BCUT2D eigenvalue weighted by atomic mass is 35.5. The standard InChI is InChI=1S/C25H34ClN7O2/c1-31(2)13-6-12-27-24(35)17-9-10-20(19(26)15-17)29-25-28-16-21-23(30-25)33(18-7-4-5-8-18)14-11-22(34)32(21)3/h9-10,15-16,18H,4-8,11-14H2,1-3H3,(H,27,35)(H,28,29,30). The molecule has 1 fully saturated rings. The van der Waals surface area contributed by atoms with Crippen molar-refractivity contribution in [3.05, 3.63) is 35.0 Å². The Hall–Kier alpha value is -2.91. The SMILES string of the molecule is CN(C)CCCNC(=O)c1ccc(Nc2ncc3c(n2)N(C2CCCC2)CCC(=O)N3C)c(Cl)c1. The number of aromatic nitrogens is 2. The molecule has 1 aliphatic heterocycles. The molecule has 0 unspecified atom stereocenters. The first-order valence-electron chi connectivity index (χ1n) is 12.2. The average molecular weight is 500 g/mol. The normalized spacial score (nSPS) is 16.4. The van der Waals surface area contributed by atoms with E-state index in [-0.39, 0.29) is 11.8 Å². The van der Waals surface area contributed by atoms with Crippen LogP contribution in [-0.2, 0) is 4.79 Å². The summed E-state index contributed by atoms with van der Waals surface area (Å²) in [5.41, 5.74) is 1.83. The van der Waals surface area contributed by atoms with Crippen molar-refractivity contribution in [3.8, 4) is 0 Å². The van der Waals surface area contributed by atoms with E-state index in [1.165, 1.54) is 12.8 Å². The molecule has 188 valence electrons. The van der Waals surface area contributed by atoms with Crippen LogP contribution in [0.15, 0.2) is 24.4 Å². The van der Waals surface area contributed by atoms with E-state index in [2.05, 4.69) is 25.4 Å². The molecule has 1 aliphatic carbocycles. The van der Waals surface area contributed by atoms with Crippen LogP contribution in [0.25, 0.3) is 0 Å². The first-order valence-corrected chi connectivity index (χ1v) is 12.6. The summed E-state index contributed by atoms with van der Waals surface area (Å²) < 4.78 is 0. The van der Waals surface area contributed by atoms with Gasteiger partial charge in [0, 0.05) is 38.2 Å². The summed E-state index contributed by atoms with van der Waals surface area (Å²) in [5.74, 6) is 1.08. The van der Waals surface area contributed by atoms with E-state index in [1.54, 1.807) is 36.3 Å². The van der Waals surface area contributed by atoms with Gasteiger partial charge in [0.05, 0.1) is 16.9 Å². The van der Waals surface area contributed by atoms with Crippen LogP contribution in [0.5, 0.6) is 0 Å². The Labute approximate surface area is 211 Å². The highest BCUT2D eigenvalue weighted by Gasteiger charge is 2.31. The third-order valence-corrected chi connectivity index (χ3v) is 6.95. The van der Waals surface area contributed by atoms with Crippen molar-refractivity contribution >= 4 is 46.6 Å². The Morgan fingerprint density at radius 1 is 1.26 bits per heavy atom. The number of anilines is 4. The molecule has 4 rings (SSSR count). The van der Waals surface area contributed by atoms with Crippen molar-refractivity contribution in [2.75, 3.05) is 55.9 Å². The second-order valence-corrected chi connectivity index (χ2v) is 9.88. The minimum Gasteiger partial charge on any atom is -0.352 e. The van der Waals surface area contributed by atoms with Gasteiger partial charge in [0.2, 0.25) is 11.9 Å². The molecule has 1 saturated carbocycles. The number of hydrogen-bond donors (Lipinski definition) is 2. The molecular weight excluding hydrogens is 466 g/mol. The number of rotatable bonds is 8. The van der Waals surface area contributed by atoms with Crippen molar-refractivity contribution in [1.29, 1.82) is 0 Å². The lowest BCUT2D eigenvalue weighted by atomic mass is 10.2. The molecule has 2 aromatic rings. The van der Waals surface area contributed by atoms with E-state index in [0.29, 0.717) is 47.8 Å². The molecule has 0 bridgehead atoms. The Balaban J connectivity index is 1.50. The Morgan fingerprint density at radius 3 is 2.74 bits per heavy atom. The van der Waals surface area contributed by atoms with Gasteiger partial charge < -0.3 is 25.3 Å². The molecule has 2 amide bonds. The number of benzene rings is 1. The lowest BCUT2D eigenvalue weighted by Crippen LogP contribution is -2.34. The molecule has 2 heterocycles. The van der Waals surface area contributed by atoms with Crippen molar-refractivity contribution < 1.29 is 9.59 Å². The van der Waals surface area contributed by atoms with E-state index >= 15 is 0 Å². The van der Waals surface area contributed by atoms with Crippen LogP contribution in [0.3, 0.4) is 0 Å². The third-order valence-electron chi connectivity index (χ3n) is 6.63. The summed E-state index contributed by atoms with van der Waals surface area (Å²) >= 11 is 6.50. The van der Waals surface area contributed by atoms with Crippen LogP contribution in [0.2, 0.25) is 5.02 Å². The van der Waals surface area contributed by atoms with E-state index in [0.717, 1.165) is 37.3 Å². The van der Waals surface area contributed by atoms with E-state index in [4.69, 9.17) is 16.6 Å². The van der Waals surface area contributed by atoms with E-state index in [1.807, 2.05) is 14.1 Å². The van der Waals surface area contributed by atoms with Crippen molar-refractivity contribution in [2.45, 2.75) is 44.6 Å². The molecule has 0 spiro atoms. The maximum Gasteiger partial charge on any atom is 0.251 e. The van der Waals surface area contributed by atoms with E-state index < -0.39 is 0 Å². The zero-order valence-corrected chi connectivity index (χ0v) is 21.4. The van der Waals surface area contributed by atoms with Crippen LogP contribution in [0.4, 0.5) is 23.1 Å². The molecule has 9 nitrogen and oxygen atoms in total. The number of fused-ring (bicyclic) bond motifs is 1. The summed E-state index contributed by atoms with van der Waals surface area (Å²) in [6.45, 7) is 2.16. The molecule has 2 N–H and O–H groups in total. The van der Waals surface area contributed by atoms with Gasteiger partial charge in [-0.2, -0.15) is 4.98 Å². The van der Waals surface area contributed by atoms with Gasteiger partial charge in [-0.15, -0.1) is 0 Å². The fourth-order valence-electron chi connectivity index (χ4n) is 4.65. The number of carbonyl (C=O) groups is 2. The minimum atomic E-state index is -0.154. The molecule has 1 aromatic carbocycles. The first kappa shape index (κ1) is 25.2. The van der Waals surface area contributed by atoms with Crippen LogP contribution in [0.1, 0.15) is 48.9 Å². The van der Waals surface area contributed by atoms with Gasteiger partial charge in [-0.05, 0) is 58.1 Å². The number of halogens is 1. The molecule has 35 heavy (non-hydrogen) atoms. The molecular formula is C25H34ClN7O2. The number of carbonyl (C=O) groups excluding carboxylic acids is 2. The molecule has 0 atom stereocenters. The lowest BCUT2D eigenvalue weighted by molar-refractivity contribution is -0.118. The predicted octanol–water partition coefficient (Wildman–Crippen LogP) is 3.67. The molecule has 0 saturated heterocycles. The Kier molecular flexibility index (Phi) is 8.07. The van der Waals surface area contributed by atoms with Gasteiger partial charge in [0.25, 0.3) is 5.91 Å². The van der Waals surface area contributed by atoms with Crippen molar-refractivity contribution in [3.63, 3.8) is 0 Å². The van der Waals surface area contributed by atoms with Crippen molar-refractivity contribution in [1.82, 2.24) is 20.2 Å². The van der Waals surface area contributed by atoms with Gasteiger partial charge in [-0.3, -0.25) is 9.59 Å². The smallest absolute Gasteiger partial charge is 0.251 e. The summed E-state index contributed by atoms with van der Waals surface area (Å²) in [6, 6.07) is 5.52. The third kappa shape index (κ3) is 6.02. The summed E-state index contributed by atoms with van der Waals surface area (Å²) in [5, 5.41) is 6.52. The maximum absolute atomic E-state index is 12.5. The second kappa shape index (κ2) is 11.2. The minimum absolute atomic E-state index is 0.0645. The second-order valence-electron chi connectivity index (χ2n) is 9.47. The number of nitrogens with zero attached hydrogens (tertiary/aromatic N) is 5. The lowest BCUT2D eigenvalue weighted by Gasteiger charge is -2.30. The van der Waals surface area contributed by atoms with Crippen molar-refractivity contribution in [2.24, 2.45) is 0 Å². The zero-order chi connectivity index (χ0) is 24.9. The monoisotopic (exact) mass is 499 g/mol. The number of amides is 2. The van der Waals surface area contributed by atoms with Gasteiger partial charge in [0.1, 0.15) is 5.69 Å². The van der Waals surface area contributed by atoms with Crippen LogP contribution >= 0.6 is 11.6 Å². The number of hydrogen-bond acceptors (Lipinski definition) is 7. The molecule has 10 heteroatoms. The summed E-state index contributed by atoms with van der Waals surface area (Å²) in [7, 11) is 5.79. The highest BCUT2D eigenvalue weighted by Crippen LogP contribution is 2.36. The van der Waals surface area contributed by atoms with Gasteiger partial charge in [-0.1, -0.05) is 24.4 Å². The molecule has 0 radical (unpaired) electrons.